The van der Waals surface area contributed by atoms with Gasteiger partial charge in [0.25, 0.3) is 0 Å². The quantitative estimate of drug-likeness (QED) is 0.454. The van der Waals surface area contributed by atoms with Crippen LogP contribution in [0.3, 0.4) is 0 Å². The van der Waals surface area contributed by atoms with Gasteiger partial charge in [0.05, 0.1) is 0 Å². The molecule has 0 saturated carbocycles. The Hall–Kier alpha value is -0.930. The van der Waals surface area contributed by atoms with Gasteiger partial charge in [-0.25, -0.2) is 5.32 Å². The summed E-state index contributed by atoms with van der Waals surface area (Å²) >= 11 is 0. The van der Waals surface area contributed by atoms with Gasteiger partial charge in [-0.05, 0) is 5.18 Å². The second-order valence-corrected chi connectivity index (χ2v) is 0.948. The highest BCUT2D eigenvalue weighted by molar-refractivity contribution is 5.72. The van der Waals surface area contributed by atoms with E-state index in [2.05, 4.69) is 10.5 Å². The largest absolute Gasteiger partial charge is 0.273 e. The predicted molar refractivity (Wildman–Crippen MR) is 23.5 cm³/mol. The summed E-state index contributed by atoms with van der Waals surface area (Å²) in [6.45, 7) is 1.01. The Morgan fingerprint density at radius 3 is 2.43 bits per heavy atom. The van der Waals surface area contributed by atoms with Gasteiger partial charge in [-0.1, -0.05) is 0 Å². The molecule has 0 fully saturated rings. The molecule has 0 saturated heterocycles. The van der Waals surface area contributed by atoms with E-state index < -0.39 is 0 Å². The van der Waals surface area contributed by atoms with Crippen molar-refractivity contribution in [1.82, 2.24) is 5.32 Å². The molecule has 0 rings (SSSR count). The highest BCUT2D eigenvalue weighted by atomic mass is 16.3. The van der Waals surface area contributed by atoms with Crippen molar-refractivity contribution in [1.29, 1.82) is 0 Å². The van der Waals surface area contributed by atoms with Crippen molar-refractivity contribution in [3.63, 3.8) is 0 Å². The van der Waals surface area contributed by atoms with Crippen LogP contribution in [0.4, 0.5) is 0 Å². The number of carbonyl (C=O) groups excluding carboxylic acids is 1. The van der Waals surface area contributed by atoms with Crippen LogP contribution in [0, 0.1) is 4.91 Å². The number of nitrogens with zero attached hydrogens (tertiary/aromatic N) is 2. The van der Waals surface area contributed by atoms with E-state index in [1.54, 1.807) is 0 Å². The van der Waals surface area contributed by atoms with Gasteiger partial charge in [-0.15, -0.1) is 4.91 Å². The summed E-state index contributed by atoms with van der Waals surface area (Å²) in [6, 6.07) is 0. The third-order valence-corrected chi connectivity index (χ3v) is 0.351. The lowest BCUT2D eigenvalue weighted by Crippen LogP contribution is -2.09. The van der Waals surface area contributed by atoms with Crippen LogP contribution in [0.5, 0.6) is 0 Å². The number of nitroso groups, excluding NO2 is 1. The molecule has 1 radical (unpaired) electrons. The average Bonchev–Trinajstić information content (AvgIpc) is 1.61. The predicted octanol–water partition coefficient (Wildman–Crippen LogP) is -0.139. The van der Waals surface area contributed by atoms with Crippen LogP contribution in [0.2, 0.25) is 0 Å². The fraction of sp³-hybridized carbons (Fsp3) is 0.667. The highest BCUT2D eigenvalue weighted by Crippen LogP contribution is 1.63. The first kappa shape index (κ1) is 6.07. The van der Waals surface area contributed by atoms with Crippen LogP contribution in [-0.4, -0.2) is 12.6 Å². The molecule has 0 aliphatic rings. The van der Waals surface area contributed by atoms with Crippen LogP contribution in [0.1, 0.15) is 6.92 Å². The Labute approximate surface area is 40.9 Å². The minimum Gasteiger partial charge on any atom is -0.273 e. The summed E-state index contributed by atoms with van der Waals surface area (Å²) in [6.07, 6.45) is 0. The molecular weight excluding hydrogens is 96.0 g/mol. The van der Waals surface area contributed by atoms with Crippen molar-refractivity contribution in [2.45, 2.75) is 6.92 Å². The van der Waals surface area contributed by atoms with Gasteiger partial charge in [0.1, 0.15) is 0 Å². The standard InChI is InChI=1S/C3H5N2O2/c1-3(6)4-2-5-7/h2H2,1H3. The van der Waals surface area contributed by atoms with Crippen LogP contribution < -0.4 is 5.32 Å². The van der Waals surface area contributed by atoms with E-state index >= 15 is 0 Å². The van der Waals surface area contributed by atoms with Crippen LogP contribution >= 0.6 is 0 Å². The van der Waals surface area contributed by atoms with Crippen molar-refractivity contribution >= 4 is 5.91 Å². The molecule has 0 aromatic heterocycles. The third-order valence-electron chi connectivity index (χ3n) is 0.351. The Morgan fingerprint density at radius 2 is 2.29 bits per heavy atom. The molecule has 0 heterocycles. The molecule has 0 aliphatic heterocycles. The smallest absolute Gasteiger partial charge is 0.240 e. The Kier molecular flexibility index (Phi) is 2.83. The monoisotopic (exact) mass is 101 g/mol. The summed E-state index contributed by atoms with van der Waals surface area (Å²) in [4.78, 5) is 19.1. The molecule has 0 spiro atoms. The molecule has 39 valence electrons. The van der Waals surface area contributed by atoms with E-state index in [1.807, 2.05) is 0 Å². The fourth-order valence-electron chi connectivity index (χ4n) is 0.128. The van der Waals surface area contributed by atoms with Gasteiger partial charge < -0.3 is 0 Å². The summed E-state index contributed by atoms with van der Waals surface area (Å²) in [5, 5.41) is 5.46. The molecule has 0 bridgehead atoms. The molecule has 1 amide bonds. The minimum absolute atomic E-state index is 0.255. The van der Waals surface area contributed by atoms with E-state index in [-0.39, 0.29) is 12.6 Å². The van der Waals surface area contributed by atoms with E-state index in [4.69, 9.17) is 0 Å². The fourth-order valence-corrected chi connectivity index (χ4v) is 0.128. The Balaban J connectivity index is 2.97. The molecule has 7 heavy (non-hydrogen) atoms. The molecule has 0 aromatic rings. The second kappa shape index (κ2) is 3.27. The van der Waals surface area contributed by atoms with Gasteiger partial charge in [-0.2, -0.15) is 0 Å². The van der Waals surface area contributed by atoms with E-state index in [1.165, 1.54) is 6.92 Å². The zero-order valence-corrected chi connectivity index (χ0v) is 3.92. The van der Waals surface area contributed by atoms with E-state index in [0.29, 0.717) is 0 Å². The molecule has 4 nitrogen and oxygen atoms in total. The first-order valence-electron chi connectivity index (χ1n) is 1.74. The summed E-state index contributed by atoms with van der Waals surface area (Å²) in [5.41, 5.74) is 0. The SMILES string of the molecule is CC(=O)[N]CN=O. The van der Waals surface area contributed by atoms with Crippen LogP contribution in [-0.2, 0) is 4.79 Å². The van der Waals surface area contributed by atoms with Crippen molar-refractivity contribution in [2.24, 2.45) is 5.18 Å². The number of carbonyl (C=O) groups is 1. The first-order chi connectivity index (χ1) is 3.27. The lowest BCUT2D eigenvalue weighted by atomic mass is 10.7. The molecule has 0 unspecified atom stereocenters. The van der Waals surface area contributed by atoms with E-state index in [9.17, 15) is 9.70 Å². The topological polar surface area (TPSA) is 60.6 Å². The van der Waals surface area contributed by atoms with Gasteiger partial charge in [0.15, 0.2) is 6.67 Å². The van der Waals surface area contributed by atoms with Gasteiger partial charge >= 0.3 is 0 Å². The Morgan fingerprint density at radius 1 is 1.71 bits per heavy atom. The molecule has 0 aliphatic carbocycles. The summed E-state index contributed by atoms with van der Waals surface area (Å²) in [5.74, 6) is -0.361. The summed E-state index contributed by atoms with van der Waals surface area (Å²) in [7, 11) is 0. The van der Waals surface area contributed by atoms with Gasteiger partial charge in [0, 0.05) is 6.92 Å². The summed E-state index contributed by atoms with van der Waals surface area (Å²) < 4.78 is 0. The molecule has 0 atom stereocenters. The zero-order chi connectivity index (χ0) is 5.70. The van der Waals surface area contributed by atoms with Crippen molar-refractivity contribution < 1.29 is 4.79 Å². The maximum absolute atomic E-state index is 9.84. The van der Waals surface area contributed by atoms with Crippen molar-refractivity contribution in [2.75, 3.05) is 6.67 Å². The van der Waals surface area contributed by atoms with Gasteiger partial charge in [0.2, 0.25) is 5.91 Å². The number of amides is 1. The molecular formula is C3H5N2O2. The number of hydrogen-bond acceptors (Lipinski definition) is 3. The van der Waals surface area contributed by atoms with Gasteiger partial charge in [-0.3, -0.25) is 4.79 Å². The van der Waals surface area contributed by atoms with Crippen molar-refractivity contribution in [3.8, 4) is 0 Å². The molecule has 0 N–H and O–H groups in total. The first-order valence-corrected chi connectivity index (χ1v) is 1.74. The Bertz CT molecular complexity index is 81.0. The number of rotatable bonds is 2. The number of hydrogen-bond donors (Lipinski definition) is 0. The lowest BCUT2D eigenvalue weighted by Gasteiger charge is -1.82. The molecule has 4 heteroatoms. The third kappa shape index (κ3) is 5.07. The highest BCUT2D eigenvalue weighted by Gasteiger charge is 1.87. The average molecular weight is 101 g/mol. The van der Waals surface area contributed by atoms with E-state index in [0.717, 1.165) is 0 Å². The normalized spacial score (nSPS) is 7.57. The zero-order valence-electron chi connectivity index (χ0n) is 3.92. The lowest BCUT2D eigenvalue weighted by molar-refractivity contribution is -0.119. The van der Waals surface area contributed by atoms with Crippen molar-refractivity contribution in [3.05, 3.63) is 4.91 Å². The second-order valence-electron chi connectivity index (χ2n) is 0.948. The van der Waals surface area contributed by atoms with Crippen LogP contribution in [0.25, 0.3) is 0 Å². The molecule has 0 aromatic carbocycles. The maximum Gasteiger partial charge on any atom is 0.240 e. The van der Waals surface area contributed by atoms with Crippen LogP contribution in [0.15, 0.2) is 5.18 Å². The minimum atomic E-state index is -0.361. The maximum atomic E-state index is 9.84.